The first-order chi connectivity index (χ1) is 51.7. The van der Waals surface area contributed by atoms with Crippen molar-refractivity contribution in [2.24, 2.45) is 41.0 Å². The van der Waals surface area contributed by atoms with Gasteiger partial charge in [-0.1, -0.05) is 13.0 Å². The summed E-state index contributed by atoms with van der Waals surface area (Å²) in [5.41, 5.74) is 6.33. The van der Waals surface area contributed by atoms with E-state index in [1.54, 1.807) is 26.0 Å². The molecule has 0 atom stereocenters. The number of amides is 1. The Hall–Kier alpha value is -11.5. The first-order valence-corrected chi connectivity index (χ1v) is 32.9. The van der Waals surface area contributed by atoms with Crippen LogP contribution in [0.1, 0.15) is 108 Å². The van der Waals surface area contributed by atoms with Crippen molar-refractivity contribution in [3.63, 3.8) is 0 Å². The second-order valence-electron chi connectivity index (χ2n) is 22.5. The molecule has 5 aromatic carbocycles. The van der Waals surface area contributed by atoms with E-state index >= 15 is 0 Å². The largest absolute Gasteiger partial charge is 0.534 e. The van der Waals surface area contributed by atoms with Gasteiger partial charge >= 0.3 is 21.6 Å². The molecule has 10 rings (SSSR count). The number of aromatic nitrogens is 10. The summed E-state index contributed by atoms with van der Waals surface area (Å²) in [5, 5.41) is 21.9. The maximum Gasteiger partial charge on any atom is 0.534 e. The number of ether oxygens (including phenoxy) is 1. The molecule has 0 aliphatic carbocycles. The van der Waals surface area contributed by atoms with Gasteiger partial charge in [0.2, 0.25) is 11.7 Å². The minimum absolute atomic E-state index is 0.0767. The molecule has 111 heavy (non-hydrogen) atoms. The van der Waals surface area contributed by atoms with E-state index < -0.39 is 130 Å². The van der Waals surface area contributed by atoms with E-state index in [1.807, 2.05) is 6.92 Å². The van der Waals surface area contributed by atoms with Crippen LogP contribution in [0.5, 0.6) is 5.88 Å². The summed E-state index contributed by atoms with van der Waals surface area (Å²) in [6, 6.07) is 25.4. The molecule has 1 amide bonds. The summed E-state index contributed by atoms with van der Waals surface area (Å²) < 4.78 is 285. The quantitative estimate of drug-likeness (QED) is 0.0126. The predicted octanol–water partition coefficient (Wildman–Crippen LogP) is 15.8. The third-order valence-electron chi connectivity index (χ3n) is 14.2. The number of benzene rings is 5. The maximum atomic E-state index is 14.5. The highest BCUT2D eigenvalue weighted by atomic mass is 32.2. The van der Waals surface area contributed by atoms with Gasteiger partial charge in [0.25, 0.3) is 50.0 Å². The first kappa shape index (κ1) is 91.9. The molecule has 22 nitrogen and oxygen atoms in total. The molecule has 0 aliphatic heterocycles. The molecular formula is C68H68F20N14O8S. The third-order valence-corrected chi connectivity index (χ3v) is 15.1. The first-order valence-electron chi connectivity index (χ1n) is 31.5. The van der Waals surface area contributed by atoms with Gasteiger partial charge in [0, 0.05) is 93.2 Å². The van der Waals surface area contributed by atoms with Gasteiger partial charge in [-0.2, -0.15) is 42.0 Å². The summed E-state index contributed by atoms with van der Waals surface area (Å²) in [4.78, 5) is 43.4. The number of nitrogen functional groups attached to an aromatic ring is 1. The highest BCUT2D eigenvalue weighted by Gasteiger charge is 2.49. The van der Waals surface area contributed by atoms with Crippen LogP contribution < -0.4 is 31.8 Å². The van der Waals surface area contributed by atoms with Gasteiger partial charge < -0.3 is 31.0 Å². The number of alkyl halides is 15. The number of aromatic amines is 1. The summed E-state index contributed by atoms with van der Waals surface area (Å²) in [6.07, 6.45) is -17.7. The zero-order chi connectivity index (χ0) is 83.9. The number of aryl methyl sites for hydroxylation is 7. The lowest BCUT2D eigenvalue weighted by Gasteiger charge is -2.11. The number of nitrogens with two attached hydrogens (primary N) is 2. The molecule has 5 heterocycles. The van der Waals surface area contributed by atoms with Crippen LogP contribution in [0, 0.1) is 42.9 Å². The second-order valence-corrected chi connectivity index (χ2v) is 24.0. The van der Waals surface area contributed by atoms with E-state index in [9.17, 15) is 115 Å². The van der Waals surface area contributed by atoms with E-state index in [1.165, 1.54) is 122 Å². The highest BCUT2D eigenvalue weighted by molar-refractivity contribution is 7.88. The fraction of sp³-hybridized carbons (Fsp3) is 0.294. The Morgan fingerprint density at radius 3 is 1.34 bits per heavy atom. The molecule has 0 bridgehead atoms. The van der Waals surface area contributed by atoms with E-state index in [-0.39, 0.29) is 74.5 Å². The monoisotopic (exact) mass is 1620 g/mol. The maximum absolute atomic E-state index is 14.5. The van der Waals surface area contributed by atoms with Crippen molar-refractivity contribution in [2.45, 2.75) is 84.7 Å². The van der Waals surface area contributed by atoms with Gasteiger partial charge in [0.15, 0.2) is 0 Å². The Morgan fingerprint density at radius 2 is 0.973 bits per heavy atom. The van der Waals surface area contributed by atoms with E-state index in [4.69, 9.17) is 11.5 Å². The molecular weight excluding hydrogens is 1550 g/mol. The average Bonchev–Trinajstić information content (AvgIpc) is 1.77. The number of carbonyl (C=O) groups is 3. The highest BCUT2D eigenvalue weighted by Crippen LogP contribution is 2.34. The van der Waals surface area contributed by atoms with Gasteiger partial charge in [0.05, 0.1) is 23.7 Å². The fourth-order valence-electron chi connectivity index (χ4n) is 8.92. The molecule has 7 N–H and O–H groups in total. The molecule has 0 unspecified atom stereocenters. The van der Waals surface area contributed by atoms with Gasteiger partial charge in [-0.3, -0.25) is 43.0 Å². The van der Waals surface area contributed by atoms with Crippen LogP contribution in [-0.2, 0) is 66.2 Å². The number of hydrogen-bond donors (Lipinski definition) is 5. The fourth-order valence-corrected chi connectivity index (χ4v) is 9.40. The van der Waals surface area contributed by atoms with E-state index in [0.717, 1.165) is 59.7 Å². The molecule has 5 aromatic heterocycles. The number of hydrogen-bond acceptors (Lipinski definition) is 15. The van der Waals surface area contributed by atoms with Crippen LogP contribution in [-0.4, -0.2) is 100 Å². The topological polar surface area (TPSA) is 289 Å². The Bertz CT molecular complexity index is 4940. The standard InChI is InChI=1S/C19H15F4N3O.C19H17F4N3.C11H10F3N3.C6H5F5N2O3S.C6H8F2O3.C5H6F2N2O.C2H7N/c1-10-7-11(20)3-5-13(10)19(27)24-12-4-6-14(15(21)8-12)17-9-16(18(22)23)25-26(17)2;1-11-7-13(20)4-3-12(11)10-24-14-5-6-15(16(21)8-14)18-9-17(19(22)23)25-26(18)2;1-17-10(5-9(16-17)11(13)14)7-3-2-6(15)4-8(7)12;1-13-4(2-3(12-13)5(7)8)16-17(14,15)6(9,10)11;1-2-11-5(10)3-4(9)6(7)8;1-9-4(10)2-3(8-9)5(6)7;1-2-3/h3-9,18H,1-2H3,(H,24,27);3-9,19,24H,10H2,1-2H3;2-5,11H,15H2,1H3;2,5H,1H3;6H,2-3H2,1H3;2,5,8H,1H3;2-3H2,1H3. The number of H-pyrrole nitrogens is 1. The predicted molar refractivity (Wildman–Crippen MR) is 364 cm³/mol. The lowest BCUT2D eigenvalue weighted by atomic mass is 10.1. The molecule has 0 aliphatic rings. The number of nitrogens with one attached hydrogen (secondary N) is 3. The van der Waals surface area contributed by atoms with Crippen LogP contribution in [0.15, 0.2) is 126 Å². The Kier molecular flexibility index (Phi) is 34.2. The van der Waals surface area contributed by atoms with Crippen molar-refractivity contribution < 1.29 is 120 Å². The smallest absolute Gasteiger partial charge is 0.466 e. The summed E-state index contributed by atoms with van der Waals surface area (Å²) in [5.74, 6) is -6.34. The second kappa shape index (κ2) is 41.3. The summed E-state index contributed by atoms with van der Waals surface area (Å²) in [6.45, 7) is 8.07. The van der Waals surface area contributed by atoms with E-state index in [0.29, 0.717) is 28.5 Å². The van der Waals surface area contributed by atoms with Crippen molar-refractivity contribution in [2.75, 3.05) is 29.5 Å². The number of nitrogens with zero attached hydrogens (tertiary/aromatic N) is 9. The van der Waals surface area contributed by atoms with Crippen molar-refractivity contribution in [1.82, 2.24) is 48.9 Å². The van der Waals surface area contributed by atoms with Crippen molar-refractivity contribution in [3.05, 3.63) is 211 Å². The Morgan fingerprint density at radius 1 is 0.550 bits per heavy atom. The number of esters is 1. The molecule has 0 spiro atoms. The number of Topliss-reactive ketones (excluding diaryl/α,β-unsaturated/α-hetero) is 1. The zero-order valence-corrected chi connectivity index (χ0v) is 60.1. The normalized spacial score (nSPS) is 11.1. The minimum Gasteiger partial charge on any atom is -0.466 e. The number of ketones is 1. The molecule has 0 fully saturated rings. The Balaban J connectivity index is 0.000000288. The Labute approximate surface area is 617 Å². The third kappa shape index (κ3) is 27.2. The zero-order valence-electron chi connectivity index (χ0n) is 59.3. The molecule has 604 valence electrons. The lowest BCUT2D eigenvalue weighted by Crippen LogP contribution is -2.28. The number of anilines is 3. The molecule has 0 saturated carbocycles. The number of rotatable bonds is 19. The van der Waals surface area contributed by atoms with Crippen molar-refractivity contribution in [3.8, 4) is 39.7 Å². The lowest BCUT2D eigenvalue weighted by molar-refractivity contribution is -0.148. The SMILES string of the molecule is CCN.CCOC(=O)CC(=O)C(F)F.Cc1cc(F)ccc1C(=O)Nc1ccc(-c2cc(C(F)F)nn2C)c(F)c1.Cc1cc(F)ccc1CNc1ccc(-c2cc(C(F)F)nn2C)c(F)c1.Cn1[nH]c(C(F)F)cc1=O.Cn1nc(C(F)F)cc1-c1ccc(N)cc1F.Cn1nc(C(F)F)cc1OS(=O)(=O)C(F)(F)F. The van der Waals surface area contributed by atoms with Crippen molar-refractivity contribution >= 4 is 44.8 Å². The van der Waals surface area contributed by atoms with Crippen LogP contribution in [0.25, 0.3) is 33.8 Å². The molecule has 43 heteroatoms. The molecule has 0 radical (unpaired) electrons. The minimum atomic E-state index is -5.89. The average molecular weight is 1620 g/mol. The van der Waals surface area contributed by atoms with Gasteiger partial charge in [-0.15, -0.1) is 0 Å². The van der Waals surface area contributed by atoms with Gasteiger partial charge in [-0.25, -0.2) is 79.3 Å². The van der Waals surface area contributed by atoms with Crippen LogP contribution in [0.3, 0.4) is 0 Å². The summed E-state index contributed by atoms with van der Waals surface area (Å²) >= 11 is 0. The van der Waals surface area contributed by atoms with Crippen molar-refractivity contribution in [1.29, 1.82) is 0 Å². The van der Waals surface area contributed by atoms with Crippen LogP contribution >= 0.6 is 0 Å². The van der Waals surface area contributed by atoms with Crippen LogP contribution in [0.2, 0.25) is 0 Å². The van der Waals surface area contributed by atoms with Gasteiger partial charge in [0.1, 0.15) is 64.0 Å². The summed E-state index contributed by atoms with van der Waals surface area (Å²) in [7, 11) is 0.869. The molecule has 10 aromatic rings. The number of carbonyl (C=O) groups excluding carboxylic acids is 3. The molecule has 0 saturated heterocycles. The van der Waals surface area contributed by atoms with Gasteiger partial charge in [-0.05, 0) is 147 Å². The van der Waals surface area contributed by atoms with E-state index in [2.05, 4.69) is 45.0 Å². The van der Waals surface area contributed by atoms with Crippen LogP contribution in [0.4, 0.5) is 105 Å². The number of halogens is 20.